The molecule has 0 saturated heterocycles. The second-order valence-electron chi connectivity index (χ2n) is 4.54. The van der Waals surface area contributed by atoms with Gasteiger partial charge in [0, 0.05) is 19.7 Å². The van der Waals surface area contributed by atoms with Crippen molar-refractivity contribution in [2.75, 3.05) is 19.3 Å². The summed E-state index contributed by atoms with van der Waals surface area (Å²) in [5, 5.41) is 6.40. The van der Waals surface area contributed by atoms with Crippen LogP contribution in [-0.4, -0.2) is 34.6 Å². The molecule has 0 radical (unpaired) electrons. The fourth-order valence-electron chi connectivity index (χ4n) is 2.32. The Morgan fingerprint density at radius 1 is 1.62 bits per heavy atom. The lowest BCUT2D eigenvalue weighted by molar-refractivity contribution is 0.0767. The zero-order valence-electron chi connectivity index (χ0n) is 9.57. The highest BCUT2D eigenvalue weighted by Crippen LogP contribution is 2.25. The van der Waals surface area contributed by atoms with E-state index in [-0.39, 0.29) is 5.91 Å². The maximum atomic E-state index is 11.9. The number of hydrogen-bond acceptors (Lipinski definition) is 3. The number of H-pyrrole nitrogens is 1. The minimum absolute atomic E-state index is 0.0314. The van der Waals surface area contributed by atoms with Crippen molar-refractivity contribution >= 4 is 11.7 Å². The van der Waals surface area contributed by atoms with E-state index in [0.717, 1.165) is 6.54 Å². The van der Waals surface area contributed by atoms with Gasteiger partial charge in [0.1, 0.15) is 11.5 Å². The Hall–Kier alpha value is -1.52. The van der Waals surface area contributed by atoms with E-state index in [1.54, 1.807) is 11.0 Å². The van der Waals surface area contributed by atoms with Gasteiger partial charge in [-0.15, -0.1) is 0 Å². The van der Waals surface area contributed by atoms with Crippen molar-refractivity contribution in [2.45, 2.75) is 25.7 Å². The van der Waals surface area contributed by atoms with Crippen LogP contribution < -0.4 is 5.73 Å². The van der Waals surface area contributed by atoms with Crippen LogP contribution in [0.2, 0.25) is 0 Å². The van der Waals surface area contributed by atoms with Gasteiger partial charge in [-0.05, 0) is 18.8 Å². The number of aromatic amines is 1. The molecule has 1 fully saturated rings. The molecule has 0 aromatic carbocycles. The zero-order valence-corrected chi connectivity index (χ0v) is 9.57. The molecule has 1 aromatic rings. The van der Waals surface area contributed by atoms with Crippen LogP contribution in [0, 0.1) is 5.92 Å². The van der Waals surface area contributed by atoms with Crippen LogP contribution in [0.3, 0.4) is 0 Å². The summed E-state index contributed by atoms with van der Waals surface area (Å²) in [6.45, 7) is 0.831. The predicted molar refractivity (Wildman–Crippen MR) is 61.9 cm³/mol. The van der Waals surface area contributed by atoms with Crippen molar-refractivity contribution < 1.29 is 4.79 Å². The number of anilines is 1. The molecule has 5 nitrogen and oxygen atoms in total. The zero-order chi connectivity index (χ0) is 11.5. The Morgan fingerprint density at radius 3 is 2.88 bits per heavy atom. The highest BCUT2D eigenvalue weighted by atomic mass is 16.2. The number of aromatic nitrogens is 2. The molecule has 1 heterocycles. The Kier molecular flexibility index (Phi) is 3.12. The van der Waals surface area contributed by atoms with Crippen molar-refractivity contribution in [2.24, 2.45) is 5.92 Å². The lowest BCUT2D eigenvalue weighted by Gasteiger charge is -2.20. The smallest absolute Gasteiger partial charge is 0.271 e. The average Bonchev–Trinajstić information content (AvgIpc) is 2.88. The van der Waals surface area contributed by atoms with E-state index < -0.39 is 0 Å². The van der Waals surface area contributed by atoms with Gasteiger partial charge in [-0.1, -0.05) is 12.8 Å². The van der Waals surface area contributed by atoms with Gasteiger partial charge < -0.3 is 10.6 Å². The van der Waals surface area contributed by atoms with Crippen LogP contribution in [0.1, 0.15) is 36.2 Å². The number of nitrogens with zero attached hydrogens (tertiary/aromatic N) is 2. The number of amides is 1. The van der Waals surface area contributed by atoms with Gasteiger partial charge in [-0.3, -0.25) is 9.89 Å². The topological polar surface area (TPSA) is 75.0 Å². The van der Waals surface area contributed by atoms with Crippen LogP contribution in [0.4, 0.5) is 5.82 Å². The summed E-state index contributed by atoms with van der Waals surface area (Å²) >= 11 is 0. The van der Waals surface area contributed by atoms with Crippen LogP contribution in [0.15, 0.2) is 6.07 Å². The van der Waals surface area contributed by atoms with Crippen LogP contribution >= 0.6 is 0 Å². The molecule has 0 aliphatic heterocycles. The number of rotatable bonds is 3. The Morgan fingerprint density at radius 2 is 2.31 bits per heavy atom. The third-order valence-corrected chi connectivity index (χ3v) is 3.18. The first-order valence-electron chi connectivity index (χ1n) is 5.73. The maximum Gasteiger partial charge on any atom is 0.271 e. The normalized spacial score (nSPS) is 16.6. The molecule has 1 aromatic heterocycles. The summed E-state index contributed by atoms with van der Waals surface area (Å²) in [5.74, 6) is 0.989. The highest BCUT2D eigenvalue weighted by molar-refractivity contribution is 5.92. The Labute approximate surface area is 95.0 Å². The van der Waals surface area contributed by atoms with E-state index in [4.69, 9.17) is 5.73 Å². The summed E-state index contributed by atoms with van der Waals surface area (Å²) in [5.41, 5.74) is 5.94. The molecular weight excluding hydrogens is 204 g/mol. The molecule has 0 atom stereocenters. The first kappa shape index (κ1) is 11.0. The minimum atomic E-state index is -0.0314. The van der Waals surface area contributed by atoms with Gasteiger partial charge in [0.05, 0.1) is 0 Å². The monoisotopic (exact) mass is 222 g/mol. The minimum Gasteiger partial charge on any atom is -0.382 e. The predicted octanol–water partition coefficient (Wildman–Crippen LogP) is 1.25. The van der Waals surface area contributed by atoms with Gasteiger partial charge in [0.2, 0.25) is 0 Å². The summed E-state index contributed by atoms with van der Waals surface area (Å²) in [4.78, 5) is 13.7. The van der Waals surface area contributed by atoms with Crippen LogP contribution in [0.5, 0.6) is 0 Å². The number of hydrogen-bond donors (Lipinski definition) is 2. The fourth-order valence-corrected chi connectivity index (χ4v) is 2.32. The first-order chi connectivity index (χ1) is 7.66. The largest absolute Gasteiger partial charge is 0.382 e. The van der Waals surface area contributed by atoms with Crippen molar-refractivity contribution in [1.29, 1.82) is 0 Å². The quantitative estimate of drug-likeness (QED) is 0.808. The molecule has 5 heteroatoms. The standard InChI is InChI=1S/C11H18N4O/c1-15(7-8-4-2-3-5-8)11(16)9-6-10(12)14-13-9/h6,8H,2-5,7H2,1H3,(H3,12,13,14). The molecule has 0 bridgehead atoms. The van der Waals surface area contributed by atoms with E-state index in [2.05, 4.69) is 10.2 Å². The van der Waals surface area contributed by atoms with Crippen molar-refractivity contribution in [3.63, 3.8) is 0 Å². The van der Waals surface area contributed by atoms with E-state index in [9.17, 15) is 4.79 Å². The third-order valence-electron chi connectivity index (χ3n) is 3.18. The summed E-state index contributed by atoms with van der Waals surface area (Å²) in [7, 11) is 1.83. The molecule has 2 rings (SSSR count). The summed E-state index contributed by atoms with van der Waals surface area (Å²) < 4.78 is 0. The van der Waals surface area contributed by atoms with E-state index in [1.807, 2.05) is 7.05 Å². The molecule has 1 amide bonds. The SMILES string of the molecule is CN(CC1CCCC1)C(=O)c1cc(N)n[nH]1. The number of nitrogens with two attached hydrogens (primary N) is 1. The average molecular weight is 222 g/mol. The molecule has 1 aliphatic rings. The van der Waals surface area contributed by atoms with Crippen LogP contribution in [-0.2, 0) is 0 Å². The Balaban J connectivity index is 1.93. The second kappa shape index (κ2) is 4.55. The van der Waals surface area contributed by atoms with Gasteiger partial charge in [0.25, 0.3) is 5.91 Å². The van der Waals surface area contributed by atoms with Gasteiger partial charge in [-0.2, -0.15) is 5.10 Å². The van der Waals surface area contributed by atoms with Crippen molar-refractivity contribution in [3.05, 3.63) is 11.8 Å². The fraction of sp³-hybridized carbons (Fsp3) is 0.636. The summed E-state index contributed by atoms with van der Waals surface area (Å²) in [6.07, 6.45) is 5.07. The lowest BCUT2D eigenvalue weighted by atomic mass is 10.1. The van der Waals surface area contributed by atoms with Gasteiger partial charge >= 0.3 is 0 Å². The second-order valence-corrected chi connectivity index (χ2v) is 4.54. The Bertz CT molecular complexity index is 368. The molecule has 88 valence electrons. The molecule has 3 N–H and O–H groups in total. The molecule has 16 heavy (non-hydrogen) atoms. The van der Waals surface area contributed by atoms with Crippen molar-refractivity contribution in [1.82, 2.24) is 15.1 Å². The lowest BCUT2D eigenvalue weighted by Crippen LogP contribution is -2.31. The number of nitrogens with one attached hydrogen (secondary N) is 1. The molecule has 0 unspecified atom stereocenters. The van der Waals surface area contributed by atoms with E-state index in [0.29, 0.717) is 17.4 Å². The molecular formula is C11H18N4O. The van der Waals surface area contributed by atoms with Crippen molar-refractivity contribution in [3.8, 4) is 0 Å². The highest BCUT2D eigenvalue weighted by Gasteiger charge is 2.21. The number of nitrogen functional groups attached to an aromatic ring is 1. The third kappa shape index (κ3) is 2.35. The van der Waals surface area contributed by atoms with E-state index in [1.165, 1.54) is 25.7 Å². The molecule has 1 aliphatic carbocycles. The summed E-state index contributed by atoms with van der Waals surface area (Å²) in [6, 6.07) is 1.58. The van der Waals surface area contributed by atoms with E-state index >= 15 is 0 Å². The first-order valence-corrected chi connectivity index (χ1v) is 5.73. The van der Waals surface area contributed by atoms with Gasteiger partial charge in [0.15, 0.2) is 0 Å². The van der Waals surface area contributed by atoms with Crippen LogP contribution in [0.25, 0.3) is 0 Å². The number of carbonyl (C=O) groups excluding carboxylic acids is 1. The molecule has 0 spiro atoms. The maximum absolute atomic E-state index is 11.9. The number of carbonyl (C=O) groups is 1. The molecule has 1 saturated carbocycles. The van der Waals surface area contributed by atoms with Gasteiger partial charge in [-0.25, -0.2) is 0 Å².